The molecule has 0 radical (unpaired) electrons. The summed E-state index contributed by atoms with van der Waals surface area (Å²) in [6.45, 7) is 5.56. The number of rotatable bonds is 11. The first-order valence-electron chi connectivity index (χ1n) is 16.7. The Morgan fingerprint density at radius 3 is 2.13 bits per heavy atom. The number of aromatic carboxylic acids is 1. The molecule has 1 aliphatic heterocycles. The Labute approximate surface area is 338 Å². The van der Waals surface area contributed by atoms with E-state index in [1.807, 2.05) is 20.8 Å². The summed E-state index contributed by atoms with van der Waals surface area (Å²) in [5.74, 6) is -4.11. The summed E-state index contributed by atoms with van der Waals surface area (Å²) in [7, 11) is -3.31. The zero-order chi connectivity index (χ0) is 40.4. The number of carboxylic acid groups (broad SMARTS) is 1. The fourth-order valence-corrected chi connectivity index (χ4v) is 9.20. The van der Waals surface area contributed by atoms with Crippen LogP contribution in [0.4, 0.5) is 5.69 Å². The zero-order valence-electron chi connectivity index (χ0n) is 29.9. The van der Waals surface area contributed by atoms with Gasteiger partial charge in [0.15, 0.2) is 0 Å². The number of carbonyl (C=O) groups is 4. The number of carbonyl (C=O) groups excluding carboxylic acids is 3. The van der Waals surface area contributed by atoms with Gasteiger partial charge in [-0.15, -0.1) is 0 Å². The van der Waals surface area contributed by atoms with Gasteiger partial charge in [-0.1, -0.05) is 91.4 Å². The largest absolute Gasteiger partial charge is 0.478 e. The Morgan fingerprint density at radius 2 is 1.56 bits per heavy atom. The molecular weight excluding hydrogens is 814 g/mol. The Balaban J connectivity index is 1.43. The first-order chi connectivity index (χ1) is 25.8. The van der Waals surface area contributed by atoms with E-state index in [4.69, 9.17) is 51.1 Å². The van der Waals surface area contributed by atoms with Gasteiger partial charge in [0.1, 0.15) is 12.1 Å². The zero-order valence-corrected chi connectivity index (χ0v) is 33.7. The lowest BCUT2D eigenvalue weighted by atomic mass is 9.83. The van der Waals surface area contributed by atoms with Crippen molar-refractivity contribution in [3.8, 4) is 0 Å². The van der Waals surface area contributed by atoms with Crippen molar-refractivity contribution in [2.75, 3.05) is 19.0 Å². The summed E-state index contributed by atoms with van der Waals surface area (Å²) in [6, 6.07) is 12.5. The van der Waals surface area contributed by atoms with Crippen LogP contribution in [-0.4, -0.2) is 72.3 Å². The van der Waals surface area contributed by atoms with Crippen molar-refractivity contribution in [1.82, 2.24) is 14.6 Å². The van der Waals surface area contributed by atoms with E-state index in [9.17, 15) is 32.7 Å². The molecule has 290 valence electrons. The van der Waals surface area contributed by atoms with Crippen molar-refractivity contribution in [3.63, 3.8) is 0 Å². The number of carboxylic acids is 1. The number of benzene rings is 3. The second-order valence-electron chi connectivity index (χ2n) is 13.9. The molecule has 1 aromatic heterocycles. The van der Waals surface area contributed by atoms with E-state index in [0.717, 1.165) is 17.0 Å². The smallest absolute Gasteiger partial charge is 0.335 e. The van der Waals surface area contributed by atoms with E-state index >= 15 is 0 Å². The Hall–Kier alpha value is -4.24. The summed E-state index contributed by atoms with van der Waals surface area (Å²) in [4.78, 5) is 56.1. The summed E-state index contributed by atoms with van der Waals surface area (Å²) < 4.78 is 34.4. The van der Waals surface area contributed by atoms with Gasteiger partial charge in [-0.3, -0.25) is 14.6 Å². The average Bonchev–Trinajstić information content (AvgIpc) is 3.57. The van der Waals surface area contributed by atoms with Crippen LogP contribution in [0.2, 0.25) is 20.1 Å². The number of aromatic nitrogens is 1. The van der Waals surface area contributed by atoms with Crippen molar-refractivity contribution in [2.24, 2.45) is 0 Å². The van der Waals surface area contributed by atoms with Gasteiger partial charge in [0.25, 0.3) is 5.91 Å². The predicted molar refractivity (Wildman–Crippen MR) is 210 cm³/mol. The second kappa shape index (κ2) is 16.9. The van der Waals surface area contributed by atoms with E-state index < -0.39 is 51.8 Å². The van der Waals surface area contributed by atoms with Crippen LogP contribution in [0, 0.1) is 0 Å². The molecule has 0 spiro atoms. The molecule has 0 aliphatic carbocycles. The minimum Gasteiger partial charge on any atom is -0.478 e. The molecule has 3 aromatic carbocycles. The van der Waals surface area contributed by atoms with E-state index in [0.29, 0.717) is 16.8 Å². The van der Waals surface area contributed by atoms with Crippen LogP contribution >= 0.6 is 46.4 Å². The number of methoxy groups -OCH3 is 1. The van der Waals surface area contributed by atoms with Crippen molar-refractivity contribution in [3.05, 3.63) is 121 Å². The van der Waals surface area contributed by atoms with E-state index in [-0.39, 0.29) is 60.9 Å². The van der Waals surface area contributed by atoms with Gasteiger partial charge in [0.2, 0.25) is 15.9 Å². The number of esters is 1. The molecule has 3 atom stereocenters. The molecule has 0 saturated carbocycles. The summed E-state index contributed by atoms with van der Waals surface area (Å²) in [5.41, 5.74) is 1.71. The number of nitrogens with one attached hydrogen (secondary N) is 2. The third kappa shape index (κ3) is 9.60. The molecule has 5 rings (SSSR count). The molecule has 1 aliphatic rings. The molecule has 4 aromatic rings. The Kier molecular flexibility index (Phi) is 12.9. The first-order valence-corrected chi connectivity index (χ1v) is 19.7. The molecule has 1 fully saturated rings. The van der Waals surface area contributed by atoms with Gasteiger partial charge < -0.3 is 20.5 Å². The fraction of sp³-hybridized carbons (Fsp3) is 0.289. The van der Waals surface area contributed by atoms with Crippen LogP contribution in [0.5, 0.6) is 0 Å². The molecule has 2 amide bonds. The molecule has 55 heavy (non-hydrogen) atoms. The molecule has 3 N–H and O–H groups in total. The quantitative estimate of drug-likeness (QED) is 0.130. The minimum atomic E-state index is -4.46. The monoisotopic (exact) mass is 848 g/mol. The van der Waals surface area contributed by atoms with Crippen molar-refractivity contribution in [1.29, 1.82) is 0 Å². The highest BCUT2D eigenvalue weighted by atomic mass is 35.5. The van der Waals surface area contributed by atoms with Crippen LogP contribution in [0.1, 0.15) is 70.5 Å². The maximum absolute atomic E-state index is 14.2. The van der Waals surface area contributed by atoms with Gasteiger partial charge >= 0.3 is 11.9 Å². The van der Waals surface area contributed by atoms with Gasteiger partial charge in [-0.05, 0) is 64.9 Å². The third-order valence-electron chi connectivity index (χ3n) is 9.12. The van der Waals surface area contributed by atoms with Gasteiger partial charge in [0, 0.05) is 47.0 Å². The van der Waals surface area contributed by atoms with Gasteiger partial charge in [-0.2, -0.15) is 4.31 Å². The first kappa shape index (κ1) is 41.9. The highest BCUT2D eigenvalue weighted by Crippen LogP contribution is 2.39. The van der Waals surface area contributed by atoms with Crippen LogP contribution in [0.25, 0.3) is 0 Å². The molecule has 1 unspecified atom stereocenters. The molecule has 12 nitrogen and oxygen atoms in total. The van der Waals surface area contributed by atoms with E-state index in [1.165, 1.54) is 30.6 Å². The maximum atomic E-state index is 14.2. The van der Waals surface area contributed by atoms with Gasteiger partial charge in [-0.25, -0.2) is 18.0 Å². The maximum Gasteiger partial charge on any atom is 0.335 e. The van der Waals surface area contributed by atoms with E-state index in [1.54, 1.807) is 42.5 Å². The van der Waals surface area contributed by atoms with Crippen molar-refractivity contribution < 1.29 is 37.4 Å². The predicted octanol–water partition coefficient (Wildman–Crippen LogP) is 7.39. The van der Waals surface area contributed by atoms with Crippen LogP contribution in [0.3, 0.4) is 0 Å². The highest BCUT2D eigenvalue weighted by Gasteiger charge is 2.46. The lowest BCUT2D eigenvalue weighted by molar-refractivity contribution is -0.145. The summed E-state index contributed by atoms with van der Waals surface area (Å²) >= 11 is 24.5. The number of halogens is 4. The lowest BCUT2D eigenvalue weighted by Crippen LogP contribution is -2.51. The minimum absolute atomic E-state index is 0.0133. The summed E-state index contributed by atoms with van der Waals surface area (Å²) in [6.07, 6.45) is 2.40. The van der Waals surface area contributed by atoms with Crippen LogP contribution in [0.15, 0.2) is 78.0 Å². The SMILES string of the molecule is COC(=O)[C@H](Cc1ccc(NC(=O)c2c(Cl)cncc2Cl)cc1)NC(=O)C1C[C@H](c2ccc(C(C)(C)C)cc2C(=O)O)CN1S(=O)(=O)c1cc(Cl)cc(Cl)c1. The lowest BCUT2D eigenvalue weighted by Gasteiger charge is -2.25. The molecule has 2 heterocycles. The fourth-order valence-electron chi connectivity index (χ4n) is 6.30. The Morgan fingerprint density at radius 1 is 0.945 bits per heavy atom. The van der Waals surface area contributed by atoms with Gasteiger partial charge in [0.05, 0.1) is 33.2 Å². The van der Waals surface area contributed by atoms with Crippen LogP contribution in [-0.2, 0) is 36.2 Å². The average molecular weight is 851 g/mol. The molecular formula is C38H36Cl4N4O8S. The number of nitrogens with zero attached hydrogens (tertiary/aromatic N) is 2. The Bertz CT molecular complexity index is 2230. The third-order valence-corrected chi connectivity index (χ3v) is 12.0. The number of sulfonamides is 1. The molecule has 17 heteroatoms. The number of ether oxygens (including phenoxy) is 1. The number of amides is 2. The normalized spacial score (nSPS) is 16.7. The molecule has 0 bridgehead atoms. The standard InChI is InChI=1S/C38H36Cl4N4O8S/c1-38(2,3)22-7-10-27(28(13-22)36(49)50)21-12-32(46(19-21)55(52,53)26-15-23(39)14-24(40)16-26)34(47)45-31(37(51)54-4)11-20-5-8-25(9-6-20)44-35(48)33-29(41)17-43-18-30(33)42/h5-10,13-18,21,31-32H,11-12,19H2,1-4H3,(H,44,48)(H,45,47)(H,49,50)/t21-,31-,32?/m0/s1. The van der Waals surface area contributed by atoms with Crippen molar-refractivity contribution >= 4 is 85.9 Å². The summed E-state index contributed by atoms with van der Waals surface area (Å²) in [5, 5.41) is 15.8. The number of hydrogen-bond acceptors (Lipinski definition) is 8. The second-order valence-corrected chi connectivity index (χ2v) is 17.5. The number of pyridine rings is 1. The topological polar surface area (TPSA) is 172 Å². The van der Waals surface area contributed by atoms with Crippen LogP contribution < -0.4 is 10.6 Å². The molecule has 1 saturated heterocycles. The highest BCUT2D eigenvalue weighted by molar-refractivity contribution is 7.89. The van der Waals surface area contributed by atoms with E-state index in [2.05, 4.69) is 15.6 Å². The number of hydrogen-bond donors (Lipinski definition) is 3. The van der Waals surface area contributed by atoms with Crippen molar-refractivity contribution in [2.45, 2.75) is 61.9 Å². The number of anilines is 1.